The number of carbonyl (C=O) groups excluding carboxylic acids is 1. The molecule has 0 saturated carbocycles. The van der Waals surface area contributed by atoms with Gasteiger partial charge in [-0.25, -0.2) is 0 Å². The van der Waals surface area contributed by atoms with Crippen LogP contribution in [0.4, 0.5) is 5.69 Å². The highest BCUT2D eigenvalue weighted by molar-refractivity contribution is 6.76. The predicted octanol–water partition coefficient (Wildman–Crippen LogP) is 4.75. The number of para-hydroxylation sites is 1. The third kappa shape index (κ3) is 4.37. The van der Waals surface area contributed by atoms with Gasteiger partial charge in [-0.3, -0.25) is 9.69 Å². The van der Waals surface area contributed by atoms with Crippen LogP contribution in [-0.4, -0.2) is 27.3 Å². The zero-order valence-corrected chi connectivity index (χ0v) is 16.7. The number of amides is 1. The van der Waals surface area contributed by atoms with Crippen molar-refractivity contribution in [2.75, 3.05) is 18.2 Å². The Morgan fingerprint density at radius 3 is 2.61 bits per heavy atom. The molecule has 1 aromatic rings. The minimum atomic E-state index is -1.12. The molecule has 2 rings (SSSR count). The molecular weight excluding hydrogens is 326 g/mol. The van der Waals surface area contributed by atoms with Gasteiger partial charge in [0.15, 0.2) is 0 Å². The number of alkyl halides is 1. The van der Waals surface area contributed by atoms with Gasteiger partial charge in [0, 0.05) is 32.4 Å². The van der Waals surface area contributed by atoms with E-state index in [-0.39, 0.29) is 11.3 Å². The molecule has 0 fully saturated rings. The molecule has 0 unspecified atom stereocenters. The average molecular weight is 354 g/mol. The van der Waals surface area contributed by atoms with E-state index in [2.05, 4.69) is 39.6 Å². The van der Waals surface area contributed by atoms with Gasteiger partial charge >= 0.3 is 0 Å². The molecule has 0 N–H and O–H groups in total. The Bertz CT molecular complexity index is 581. The third-order valence-corrected chi connectivity index (χ3v) is 6.37. The second kappa shape index (κ2) is 6.95. The second-order valence-electron chi connectivity index (χ2n) is 8.18. The fraction of sp³-hybridized carbons (Fsp3) is 0.611. The number of carbonyl (C=O) groups is 1. The van der Waals surface area contributed by atoms with Crippen LogP contribution in [0.3, 0.4) is 0 Å². The van der Waals surface area contributed by atoms with Crippen LogP contribution in [0, 0.1) is 0 Å². The summed E-state index contributed by atoms with van der Waals surface area (Å²) in [5.41, 5.74) is 2.98. The van der Waals surface area contributed by atoms with Crippen LogP contribution in [0.2, 0.25) is 25.7 Å². The second-order valence-corrected chi connectivity index (χ2v) is 14.1. The molecule has 1 aliphatic heterocycles. The highest BCUT2D eigenvalue weighted by Gasteiger charge is 2.37. The lowest BCUT2D eigenvalue weighted by molar-refractivity contribution is -0.121. The average Bonchev–Trinajstić information content (AvgIpc) is 2.44. The van der Waals surface area contributed by atoms with E-state index in [1.807, 2.05) is 12.1 Å². The summed E-state index contributed by atoms with van der Waals surface area (Å²) in [6, 6.07) is 7.23. The van der Waals surface area contributed by atoms with Gasteiger partial charge in [-0.1, -0.05) is 51.7 Å². The number of rotatable bonds is 6. The van der Waals surface area contributed by atoms with Crippen molar-refractivity contribution >= 4 is 31.3 Å². The van der Waals surface area contributed by atoms with Crippen molar-refractivity contribution in [2.45, 2.75) is 57.2 Å². The number of hydrogen-bond donors (Lipinski definition) is 0. The quantitative estimate of drug-likeness (QED) is 0.419. The van der Waals surface area contributed by atoms with Gasteiger partial charge in [-0.15, -0.1) is 11.6 Å². The highest BCUT2D eigenvalue weighted by Crippen LogP contribution is 2.42. The number of ether oxygens (including phenoxy) is 1. The van der Waals surface area contributed by atoms with Crippen LogP contribution in [0.1, 0.15) is 31.4 Å². The van der Waals surface area contributed by atoms with Crippen LogP contribution >= 0.6 is 11.6 Å². The van der Waals surface area contributed by atoms with E-state index in [4.69, 9.17) is 16.3 Å². The van der Waals surface area contributed by atoms with Crippen LogP contribution in [-0.2, 0) is 20.8 Å². The normalized spacial score (nSPS) is 17.3. The summed E-state index contributed by atoms with van der Waals surface area (Å²) in [5, 5.41) is 0. The molecule has 1 aromatic carbocycles. The first-order valence-corrected chi connectivity index (χ1v) is 12.5. The van der Waals surface area contributed by atoms with E-state index in [1.165, 1.54) is 5.56 Å². The molecule has 0 bridgehead atoms. The summed E-state index contributed by atoms with van der Waals surface area (Å²) in [7, 11) is -1.12. The number of halogens is 1. The summed E-state index contributed by atoms with van der Waals surface area (Å²) >= 11 is 6.12. The maximum Gasteiger partial charge on any atom is 0.229 e. The SMILES string of the molecule is CC1(C)CC(=O)N(COCC[Si](C)(C)C)c2c(CCl)cccc21. The van der Waals surface area contributed by atoms with Crippen molar-refractivity contribution in [1.29, 1.82) is 0 Å². The van der Waals surface area contributed by atoms with Crippen molar-refractivity contribution in [2.24, 2.45) is 0 Å². The van der Waals surface area contributed by atoms with Crippen LogP contribution in [0.5, 0.6) is 0 Å². The molecule has 23 heavy (non-hydrogen) atoms. The molecule has 0 saturated heterocycles. The minimum absolute atomic E-state index is 0.119. The first-order valence-electron chi connectivity index (χ1n) is 8.22. The van der Waals surface area contributed by atoms with Crippen molar-refractivity contribution in [3.8, 4) is 0 Å². The number of fused-ring (bicyclic) bond motifs is 1. The molecule has 0 aliphatic carbocycles. The fourth-order valence-corrected chi connectivity index (χ4v) is 3.90. The number of nitrogens with zero attached hydrogens (tertiary/aromatic N) is 1. The molecule has 5 heteroatoms. The summed E-state index contributed by atoms with van der Waals surface area (Å²) in [6.45, 7) is 12.2. The molecule has 0 atom stereocenters. The maximum atomic E-state index is 12.6. The number of benzene rings is 1. The fourth-order valence-electron chi connectivity index (χ4n) is 2.93. The summed E-state index contributed by atoms with van der Waals surface area (Å²) in [5.74, 6) is 0.519. The lowest BCUT2D eigenvalue weighted by atomic mass is 9.76. The monoisotopic (exact) mass is 353 g/mol. The molecule has 1 aliphatic rings. The van der Waals surface area contributed by atoms with Gasteiger partial charge in [-0.2, -0.15) is 0 Å². The Kier molecular flexibility index (Phi) is 5.59. The Labute approximate surface area is 146 Å². The lowest BCUT2D eigenvalue weighted by Gasteiger charge is -2.39. The minimum Gasteiger partial charge on any atom is -0.361 e. The van der Waals surface area contributed by atoms with Gasteiger partial charge in [0.2, 0.25) is 5.91 Å². The van der Waals surface area contributed by atoms with Crippen molar-refractivity contribution < 1.29 is 9.53 Å². The Morgan fingerprint density at radius 1 is 1.30 bits per heavy atom. The van der Waals surface area contributed by atoms with Gasteiger partial charge in [0.1, 0.15) is 6.73 Å². The summed E-state index contributed by atoms with van der Waals surface area (Å²) < 4.78 is 5.84. The van der Waals surface area contributed by atoms with Crippen molar-refractivity contribution in [3.63, 3.8) is 0 Å². The van der Waals surface area contributed by atoms with Gasteiger partial charge in [0.25, 0.3) is 0 Å². The predicted molar refractivity (Wildman–Crippen MR) is 100 cm³/mol. The zero-order chi connectivity index (χ0) is 17.3. The Morgan fingerprint density at radius 2 is 2.00 bits per heavy atom. The first kappa shape index (κ1) is 18.5. The highest BCUT2D eigenvalue weighted by atomic mass is 35.5. The molecular formula is C18H28ClNO2Si. The van der Waals surface area contributed by atoms with Gasteiger partial charge in [0.05, 0.1) is 5.69 Å². The number of hydrogen-bond acceptors (Lipinski definition) is 2. The molecule has 0 aromatic heterocycles. The summed E-state index contributed by atoms with van der Waals surface area (Å²) in [6.07, 6.45) is 0.503. The zero-order valence-electron chi connectivity index (χ0n) is 14.9. The topological polar surface area (TPSA) is 29.5 Å². The third-order valence-electron chi connectivity index (χ3n) is 4.37. The largest absolute Gasteiger partial charge is 0.361 e. The maximum absolute atomic E-state index is 12.6. The smallest absolute Gasteiger partial charge is 0.229 e. The standard InChI is InChI=1S/C18H28ClNO2Si/c1-18(2)11-16(21)20(13-22-9-10-23(3,4)5)17-14(12-19)7-6-8-15(17)18/h6-8H,9-13H2,1-5H3. The Balaban J connectivity index is 2.22. The van der Waals surface area contributed by atoms with Crippen molar-refractivity contribution in [3.05, 3.63) is 29.3 Å². The van der Waals surface area contributed by atoms with Crippen LogP contribution in [0.15, 0.2) is 18.2 Å². The number of anilines is 1. The molecule has 0 spiro atoms. The van der Waals surface area contributed by atoms with Crippen molar-refractivity contribution in [1.82, 2.24) is 0 Å². The van der Waals surface area contributed by atoms with Gasteiger partial charge in [-0.05, 0) is 17.2 Å². The molecule has 3 nitrogen and oxygen atoms in total. The molecule has 1 amide bonds. The molecule has 128 valence electrons. The van der Waals surface area contributed by atoms with E-state index in [9.17, 15) is 4.79 Å². The van der Waals surface area contributed by atoms with E-state index < -0.39 is 8.07 Å². The van der Waals surface area contributed by atoms with E-state index in [0.717, 1.165) is 17.3 Å². The van der Waals surface area contributed by atoms with E-state index >= 15 is 0 Å². The van der Waals surface area contributed by atoms with E-state index in [1.54, 1.807) is 4.90 Å². The first-order chi connectivity index (χ1) is 10.7. The van der Waals surface area contributed by atoms with Gasteiger partial charge < -0.3 is 4.74 Å². The van der Waals surface area contributed by atoms with E-state index in [0.29, 0.717) is 25.6 Å². The lowest BCUT2D eigenvalue weighted by Crippen LogP contribution is -2.43. The summed E-state index contributed by atoms with van der Waals surface area (Å²) in [4.78, 5) is 14.4. The van der Waals surface area contributed by atoms with Crippen LogP contribution in [0.25, 0.3) is 0 Å². The molecule has 1 heterocycles. The Hall–Kier alpha value is -0.843. The van der Waals surface area contributed by atoms with Crippen LogP contribution < -0.4 is 4.90 Å². The molecule has 0 radical (unpaired) electrons.